The van der Waals surface area contributed by atoms with Crippen molar-refractivity contribution in [2.24, 2.45) is 5.41 Å². The Bertz CT molecular complexity index is 331. The highest BCUT2D eigenvalue weighted by atomic mass is 16.5. The van der Waals surface area contributed by atoms with E-state index in [0.717, 1.165) is 44.8 Å². The molecule has 4 heteroatoms. The van der Waals surface area contributed by atoms with Crippen molar-refractivity contribution in [2.75, 3.05) is 32.9 Å². The number of rotatable bonds is 6. The molecule has 1 unspecified atom stereocenters. The van der Waals surface area contributed by atoms with E-state index in [2.05, 4.69) is 11.8 Å². The molecule has 1 fully saturated rings. The summed E-state index contributed by atoms with van der Waals surface area (Å²) in [4.78, 5) is 2.31. The van der Waals surface area contributed by atoms with Crippen molar-refractivity contribution in [3.63, 3.8) is 0 Å². The van der Waals surface area contributed by atoms with Gasteiger partial charge in [0.25, 0.3) is 0 Å². The highest BCUT2D eigenvalue weighted by Gasteiger charge is 2.34. The maximum Gasteiger partial charge on any atom is 0.117 e. The van der Waals surface area contributed by atoms with E-state index in [9.17, 15) is 5.11 Å². The molecule has 2 heterocycles. The monoisotopic (exact) mass is 253 g/mol. The van der Waals surface area contributed by atoms with Crippen LogP contribution in [-0.2, 0) is 11.3 Å². The third-order valence-electron chi connectivity index (χ3n) is 3.71. The smallest absolute Gasteiger partial charge is 0.117 e. The predicted molar refractivity (Wildman–Crippen MR) is 69.2 cm³/mol. The summed E-state index contributed by atoms with van der Waals surface area (Å²) >= 11 is 0. The van der Waals surface area contributed by atoms with Gasteiger partial charge >= 0.3 is 0 Å². The average Bonchev–Trinajstić information content (AvgIpc) is 2.92. The zero-order valence-corrected chi connectivity index (χ0v) is 11.1. The Morgan fingerprint density at radius 3 is 2.94 bits per heavy atom. The molecule has 0 aromatic carbocycles. The SMILES string of the molecule is CCN(Cc1ccco1)CC1(CO)CCCOC1. The molecular weight excluding hydrogens is 230 g/mol. The molecule has 0 amide bonds. The molecule has 1 saturated heterocycles. The lowest BCUT2D eigenvalue weighted by Crippen LogP contribution is -2.45. The molecular formula is C14H23NO3. The van der Waals surface area contributed by atoms with E-state index >= 15 is 0 Å². The Hall–Kier alpha value is -0.840. The van der Waals surface area contributed by atoms with E-state index in [4.69, 9.17) is 9.15 Å². The number of aliphatic hydroxyl groups excluding tert-OH is 1. The van der Waals surface area contributed by atoms with Crippen LogP contribution < -0.4 is 0 Å². The van der Waals surface area contributed by atoms with Crippen LogP contribution in [0.2, 0.25) is 0 Å². The second kappa shape index (κ2) is 6.36. The van der Waals surface area contributed by atoms with Crippen LogP contribution in [0.25, 0.3) is 0 Å². The Labute approximate surface area is 109 Å². The standard InChI is InChI=1S/C14H23NO3/c1-2-15(9-13-5-3-8-18-13)10-14(11-16)6-4-7-17-12-14/h3,5,8,16H,2,4,6-7,9-12H2,1H3. The summed E-state index contributed by atoms with van der Waals surface area (Å²) in [5, 5.41) is 9.68. The van der Waals surface area contributed by atoms with Crippen LogP contribution in [0.15, 0.2) is 22.8 Å². The Morgan fingerprint density at radius 2 is 2.39 bits per heavy atom. The fourth-order valence-electron chi connectivity index (χ4n) is 2.59. The van der Waals surface area contributed by atoms with Crippen molar-refractivity contribution < 1.29 is 14.3 Å². The first-order valence-corrected chi connectivity index (χ1v) is 6.71. The van der Waals surface area contributed by atoms with E-state index in [1.54, 1.807) is 6.26 Å². The zero-order chi connectivity index (χ0) is 12.8. The van der Waals surface area contributed by atoms with Gasteiger partial charge in [0.2, 0.25) is 0 Å². The molecule has 4 nitrogen and oxygen atoms in total. The molecule has 1 atom stereocenters. The lowest BCUT2D eigenvalue weighted by atomic mass is 9.82. The van der Waals surface area contributed by atoms with Gasteiger partial charge in [0.15, 0.2) is 0 Å². The van der Waals surface area contributed by atoms with Gasteiger partial charge in [-0.1, -0.05) is 6.92 Å². The summed E-state index contributed by atoms with van der Waals surface area (Å²) in [6.45, 7) is 6.43. The Morgan fingerprint density at radius 1 is 1.50 bits per heavy atom. The van der Waals surface area contributed by atoms with Crippen LogP contribution in [0, 0.1) is 5.41 Å². The van der Waals surface area contributed by atoms with Crippen LogP contribution in [0.3, 0.4) is 0 Å². The van der Waals surface area contributed by atoms with Crippen molar-refractivity contribution in [2.45, 2.75) is 26.3 Å². The highest BCUT2D eigenvalue weighted by molar-refractivity contribution is 4.98. The molecule has 0 spiro atoms. The first kappa shape index (κ1) is 13.6. The molecule has 0 radical (unpaired) electrons. The van der Waals surface area contributed by atoms with E-state index in [-0.39, 0.29) is 12.0 Å². The van der Waals surface area contributed by atoms with Gasteiger partial charge in [0.05, 0.1) is 26.0 Å². The van der Waals surface area contributed by atoms with Crippen LogP contribution in [0.5, 0.6) is 0 Å². The molecule has 1 aromatic heterocycles. The lowest BCUT2D eigenvalue weighted by Gasteiger charge is -2.39. The van der Waals surface area contributed by atoms with Gasteiger partial charge in [-0.3, -0.25) is 4.90 Å². The van der Waals surface area contributed by atoms with Crippen molar-refractivity contribution in [1.29, 1.82) is 0 Å². The normalized spacial score (nSPS) is 24.6. The van der Waals surface area contributed by atoms with Gasteiger partial charge in [-0.05, 0) is 31.5 Å². The van der Waals surface area contributed by atoms with Gasteiger partial charge in [0.1, 0.15) is 5.76 Å². The first-order valence-electron chi connectivity index (χ1n) is 6.71. The average molecular weight is 253 g/mol. The van der Waals surface area contributed by atoms with Gasteiger partial charge in [-0.15, -0.1) is 0 Å². The third-order valence-corrected chi connectivity index (χ3v) is 3.71. The molecule has 1 aliphatic heterocycles. The molecule has 0 saturated carbocycles. The van der Waals surface area contributed by atoms with E-state index in [0.29, 0.717) is 6.61 Å². The molecule has 1 N–H and O–H groups in total. The maximum absolute atomic E-state index is 9.68. The summed E-state index contributed by atoms with van der Waals surface area (Å²) < 4.78 is 10.9. The van der Waals surface area contributed by atoms with E-state index in [1.807, 2.05) is 12.1 Å². The topological polar surface area (TPSA) is 45.8 Å². The number of furan rings is 1. The molecule has 2 rings (SSSR count). The fourth-order valence-corrected chi connectivity index (χ4v) is 2.59. The summed E-state index contributed by atoms with van der Waals surface area (Å²) in [5.41, 5.74) is -0.0964. The van der Waals surface area contributed by atoms with Crippen molar-refractivity contribution in [1.82, 2.24) is 4.90 Å². The molecule has 1 aliphatic rings. The quantitative estimate of drug-likeness (QED) is 0.841. The van der Waals surface area contributed by atoms with Crippen molar-refractivity contribution in [3.05, 3.63) is 24.2 Å². The highest BCUT2D eigenvalue weighted by Crippen LogP contribution is 2.29. The third kappa shape index (κ3) is 3.34. The van der Waals surface area contributed by atoms with Gasteiger partial charge < -0.3 is 14.3 Å². The van der Waals surface area contributed by atoms with Crippen molar-refractivity contribution in [3.8, 4) is 0 Å². The summed E-state index contributed by atoms with van der Waals surface area (Å²) in [7, 11) is 0. The zero-order valence-electron chi connectivity index (χ0n) is 11.1. The predicted octanol–water partition coefficient (Wildman–Crippen LogP) is 1.89. The first-order chi connectivity index (χ1) is 8.78. The number of hydrogen-bond acceptors (Lipinski definition) is 4. The second-order valence-corrected chi connectivity index (χ2v) is 5.20. The lowest BCUT2D eigenvalue weighted by molar-refractivity contribution is -0.0564. The second-order valence-electron chi connectivity index (χ2n) is 5.20. The number of aliphatic hydroxyl groups is 1. The van der Waals surface area contributed by atoms with Gasteiger partial charge in [0, 0.05) is 18.6 Å². The van der Waals surface area contributed by atoms with Crippen LogP contribution in [0.1, 0.15) is 25.5 Å². The van der Waals surface area contributed by atoms with Gasteiger partial charge in [-0.25, -0.2) is 0 Å². The van der Waals surface area contributed by atoms with Gasteiger partial charge in [-0.2, -0.15) is 0 Å². The van der Waals surface area contributed by atoms with Crippen LogP contribution in [0.4, 0.5) is 0 Å². The molecule has 18 heavy (non-hydrogen) atoms. The van der Waals surface area contributed by atoms with Crippen LogP contribution >= 0.6 is 0 Å². The molecule has 1 aromatic rings. The maximum atomic E-state index is 9.68. The fraction of sp³-hybridized carbons (Fsp3) is 0.714. The number of nitrogens with zero attached hydrogens (tertiary/aromatic N) is 1. The Kier molecular flexibility index (Phi) is 4.80. The number of hydrogen-bond donors (Lipinski definition) is 1. The molecule has 0 aliphatic carbocycles. The number of ether oxygens (including phenoxy) is 1. The Balaban J connectivity index is 1.95. The van der Waals surface area contributed by atoms with Crippen molar-refractivity contribution >= 4 is 0 Å². The molecule has 102 valence electrons. The van der Waals surface area contributed by atoms with E-state index < -0.39 is 0 Å². The minimum atomic E-state index is -0.0964. The largest absolute Gasteiger partial charge is 0.468 e. The summed E-state index contributed by atoms with van der Waals surface area (Å²) in [5.74, 6) is 0.974. The minimum absolute atomic E-state index is 0.0964. The van der Waals surface area contributed by atoms with E-state index in [1.165, 1.54) is 0 Å². The summed E-state index contributed by atoms with van der Waals surface area (Å²) in [6, 6.07) is 3.90. The summed E-state index contributed by atoms with van der Waals surface area (Å²) in [6.07, 6.45) is 3.78. The minimum Gasteiger partial charge on any atom is -0.468 e. The van der Waals surface area contributed by atoms with Crippen LogP contribution in [-0.4, -0.2) is 42.9 Å². The molecule has 0 bridgehead atoms.